The predicted octanol–water partition coefficient (Wildman–Crippen LogP) is 2.17. The minimum Gasteiger partial charge on any atom is -0.217 e. The van der Waals surface area contributed by atoms with E-state index in [-0.39, 0.29) is 5.82 Å². The number of alkyl halides is 5. The van der Waals surface area contributed by atoms with Gasteiger partial charge in [-0.05, 0) is 6.08 Å². The maximum absolute atomic E-state index is 12.7. The summed E-state index contributed by atoms with van der Waals surface area (Å²) >= 11 is 0. The molecule has 15 heavy (non-hydrogen) atoms. The van der Waals surface area contributed by atoms with Crippen molar-refractivity contribution in [3.05, 3.63) is 24.6 Å². The van der Waals surface area contributed by atoms with Crippen LogP contribution in [0.15, 0.2) is 12.9 Å². The van der Waals surface area contributed by atoms with E-state index < -0.39 is 17.9 Å². The van der Waals surface area contributed by atoms with E-state index in [1.807, 2.05) is 0 Å². The van der Waals surface area contributed by atoms with Gasteiger partial charge < -0.3 is 0 Å². The Morgan fingerprint density at radius 3 is 2.20 bits per heavy atom. The molecule has 0 N–H and O–H groups in total. The van der Waals surface area contributed by atoms with Gasteiger partial charge >= 0.3 is 12.1 Å². The number of aromatic nitrogens is 3. The van der Waals surface area contributed by atoms with E-state index >= 15 is 0 Å². The molecular formula is C7H4F5N3. The lowest BCUT2D eigenvalue weighted by Gasteiger charge is -2.17. The van der Waals surface area contributed by atoms with Gasteiger partial charge in [-0.1, -0.05) is 6.58 Å². The van der Waals surface area contributed by atoms with Crippen molar-refractivity contribution in [2.75, 3.05) is 0 Å². The highest BCUT2D eigenvalue weighted by Crippen LogP contribution is 2.41. The second-order valence-electron chi connectivity index (χ2n) is 2.44. The Kier molecular flexibility index (Phi) is 2.69. The van der Waals surface area contributed by atoms with Crippen LogP contribution in [0.3, 0.4) is 0 Å². The molecule has 0 atom stereocenters. The lowest BCUT2D eigenvalue weighted by Crippen LogP contribution is -2.35. The number of halogens is 5. The van der Waals surface area contributed by atoms with Gasteiger partial charge in [0.15, 0.2) is 5.82 Å². The molecule has 0 spiro atoms. The molecule has 0 saturated heterocycles. The number of nitrogens with zero attached hydrogens (tertiary/aromatic N) is 3. The zero-order valence-electron chi connectivity index (χ0n) is 7.09. The highest BCUT2D eigenvalue weighted by atomic mass is 19.4. The zero-order valence-corrected chi connectivity index (χ0v) is 7.09. The molecule has 1 rings (SSSR count). The molecule has 0 aliphatic carbocycles. The highest BCUT2D eigenvalue weighted by Gasteiger charge is 2.61. The first kappa shape index (κ1) is 11.5. The third-order valence-corrected chi connectivity index (χ3v) is 1.41. The summed E-state index contributed by atoms with van der Waals surface area (Å²) in [5.74, 6) is -7.07. The Morgan fingerprint density at radius 2 is 1.73 bits per heavy atom. The molecule has 0 amide bonds. The topological polar surface area (TPSA) is 38.7 Å². The largest absolute Gasteiger partial charge is 0.461 e. The van der Waals surface area contributed by atoms with Crippen LogP contribution in [0.1, 0.15) is 11.6 Å². The van der Waals surface area contributed by atoms with Gasteiger partial charge in [0.25, 0.3) is 0 Å². The fourth-order valence-corrected chi connectivity index (χ4v) is 0.685. The molecule has 1 heterocycles. The first-order valence-corrected chi connectivity index (χ1v) is 3.55. The summed E-state index contributed by atoms with van der Waals surface area (Å²) in [7, 11) is 0. The van der Waals surface area contributed by atoms with Gasteiger partial charge in [0.2, 0.25) is 5.82 Å². The third-order valence-electron chi connectivity index (χ3n) is 1.41. The second kappa shape index (κ2) is 3.52. The fourth-order valence-electron chi connectivity index (χ4n) is 0.685. The average molecular weight is 225 g/mol. The summed E-state index contributed by atoms with van der Waals surface area (Å²) in [4.78, 5) is 9.02. The molecule has 0 radical (unpaired) electrons. The van der Waals surface area contributed by atoms with Crippen molar-refractivity contribution in [1.29, 1.82) is 0 Å². The van der Waals surface area contributed by atoms with Crippen LogP contribution in [0.25, 0.3) is 6.08 Å². The quantitative estimate of drug-likeness (QED) is 0.724. The lowest BCUT2D eigenvalue weighted by atomic mass is 10.3. The monoisotopic (exact) mass is 225 g/mol. The summed E-state index contributed by atoms with van der Waals surface area (Å²) in [6.07, 6.45) is -4.22. The van der Waals surface area contributed by atoms with Crippen LogP contribution in [0.5, 0.6) is 0 Å². The van der Waals surface area contributed by atoms with Crippen molar-refractivity contribution in [1.82, 2.24) is 15.0 Å². The highest BCUT2D eigenvalue weighted by molar-refractivity contribution is 5.35. The first-order chi connectivity index (χ1) is 6.79. The van der Waals surface area contributed by atoms with Crippen LogP contribution in [0.4, 0.5) is 22.0 Å². The minimum atomic E-state index is -5.73. The van der Waals surface area contributed by atoms with Crippen molar-refractivity contribution in [2.24, 2.45) is 0 Å². The number of hydrogen-bond donors (Lipinski definition) is 0. The summed E-state index contributed by atoms with van der Waals surface area (Å²) < 4.78 is 61.0. The standard InChI is InChI=1S/C7H4F5N3/c1-2-4-13-3-14-5(15-4)6(8,9)7(10,11)12/h2-3H,1H2. The smallest absolute Gasteiger partial charge is 0.217 e. The summed E-state index contributed by atoms with van der Waals surface area (Å²) in [5.41, 5.74) is 0. The maximum Gasteiger partial charge on any atom is 0.461 e. The Morgan fingerprint density at radius 1 is 1.13 bits per heavy atom. The molecule has 0 aromatic carbocycles. The van der Waals surface area contributed by atoms with Gasteiger partial charge in [-0.2, -0.15) is 22.0 Å². The Balaban J connectivity index is 3.21. The molecule has 1 aromatic heterocycles. The average Bonchev–Trinajstić information content (AvgIpc) is 2.16. The van der Waals surface area contributed by atoms with Crippen LogP contribution in [0, 0.1) is 0 Å². The molecule has 82 valence electrons. The van der Waals surface area contributed by atoms with E-state index in [0.717, 1.165) is 6.08 Å². The van der Waals surface area contributed by atoms with Crippen LogP contribution in [0.2, 0.25) is 0 Å². The number of hydrogen-bond acceptors (Lipinski definition) is 3. The van der Waals surface area contributed by atoms with E-state index in [2.05, 4.69) is 21.5 Å². The molecule has 1 aromatic rings. The zero-order chi connectivity index (χ0) is 11.7. The van der Waals surface area contributed by atoms with E-state index in [4.69, 9.17) is 0 Å². The van der Waals surface area contributed by atoms with E-state index in [1.165, 1.54) is 0 Å². The Bertz CT molecular complexity index is 373. The number of rotatable bonds is 2. The van der Waals surface area contributed by atoms with Crippen LogP contribution < -0.4 is 0 Å². The van der Waals surface area contributed by atoms with Gasteiger partial charge in [-0.25, -0.2) is 15.0 Å². The van der Waals surface area contributed by atoms with E-state index in [9.17, 15) is 22.0 Å². The fraction of sp³-hybridized carbons (Fsp3) is 0.286. The van der Waals surface area contributed by atoms with Gasteiger partial charge in [0, 0.05) is 0 Å². The van der Waals surface area contributed by atoms with Gasteiger partial charge in [0.05, 0.1) is 0 Å². The third kappa shape index (κ3) is 2.08. The summed E-state index contributed by atoms with van der Waals surface area (Å²) in [6.45, 7) is 3.14. The molecule has 0 saturated carbocycles. The van der Waals surface area contributed by atoms with Crippen molar-refractivity contribution >= 4 is 6.08 Å². The van der Waals surface area contributed by atoms with Crippen molar-refractivity contribution in [2.45, 2.75) is 12.1 Å². The Labute approximate surface area is 80.7 Å². The maximum atomic E-state index is 12.7. The molecule has 0 unspecified atom stereocenters. The van der Waals surface area contributed by atoms with Gasteiger partial charge in [0.1, 0.15) is 6.33 Å². The summed E-state index contributed by atoms with van der Waals surface area (Å²) in [5, 5.41) is 0. The summed E-state index contributed by atoms with van der Waals surface area (Å²) in [6, 6.07) is 0. The van der Waals surface area contributed by atoms with Crippen molar-refractivity contribution < 1.29 is 22.0 Å². The SMILES string of the molecule is C=Cc1ncnc(C(F)(F)C(F)(F)F)n1. The molecule has 0 fully saturated rings. The van der Waals surface area contributed by atoms with Crippen LogP contribution in [-0.4, -0.2) is 21.1 Å². The van der Waals surface area contributed by atoms with Gasteiger partial charge in [-0.3, -0.25) is 0 Å². The van der Waals surface area contributed by atoms with Gasteiger partial charge in [-0.15, -0.1) is 0 Å². The molecular weight excluding hydrogens is 221 g/mol. The molecule has 3 nitrogen and oxygen atoms in total. The lowest BCUT2D eigenvalue weighted by molar-refractivity contribution is -0.292. The van der Waals surface area contributed by atoms with E-state index in [0.29, 0.717) is 6.33 Å². The molecule has 0 aliphatic heterocycles. The Hall–Kier alpha value is -1.60. The van der Waals surface area contributed by atoms with Crippen molar-refractivity contribution in [3.8, 4) is 0 Å². The minimum absolute atomic E-state index is 0.344. The normalized spacial score (nSPS) is 12.6. The molecule has 8 heteroatoms. The van der Waals surface area contributed by atoms with Crippen molar-refractivity contribution in [3.63, 3.8) is 0 Å². The molecule has 0 bridgehead atoms. The predicted molar refractivity (Wildman–Crippen MR) is 39.9 cm³/mol. The van der Waals surface area contributed by atoms with Crippen LogP contribution in [-0.2, 0) is 5.92 Å². The van der Waals surface area contributed by atoms with E-state index in [1.54, 1.807) is 0 Å². The first-order valence-electron chi connectivity index (χ1n) is 3.55. The van der Waals surface area contributed by atoms with Crippen LogP contribution >= 0.6 is 0 Å². The second-order valence-corrected chi connectivity index (χ2v) is 2.44. The molecule has 0 aliphatic rings.